The van der Waals surface area contributed by atoms with Crippen LogP contribution < -0.4 is 4.90 Å². The fourth-order valence-corrected chi connectivity index (χ4v) is 3.52. The lowest BCUT2D eigenvalue weighted by atomic mass is 10.2. The summed E-state index contributed by atoms with van der Waals surface area (Å²) in [5.41, 5.74) is 1.03. The molecule has 18 heavy (non-hydrogen) atoms. The number of rotatable bonds is 2. The average Bonchev–Trinajstić information content (AvgIpc) is 2.85. The Hall–Kier alpha value is -0.720. The SMILES string of the molecule is CC1CN(c2ncnc3ccsc23)CC(CBr)O1. The Morgan fingerprint density at radius 3 is 3.22 bits per heavy atom. The molecule has 3 heterocycles. The molecular weight excluding hydrogens is 314 g/mol. The Morgan fingerprint density at radius 1 is 1.50 bits per heavy atom. The first-order chi connectivity index (χ1) is 8.78. The number of morpholine rings is 1. The third-order valence-corrected chi connectivity index (χ3v) is 4.64. The van der Waals surface area contributed by atoms with Crippen LogP contribution >= 0.6 is 27.3 Å². The van der Waals surface area contributed by atoms with E-state index in [1.54, 1.807) is 17.7 Å². The molecule has 3 rings (SSSR count). The highest BCUT2D eigenvalue weighted by molar-refractivity contribution is 9.09. The first kappa shape index (κ1) is 12.3. The van der Waals surface area contributed by atoms with Crippen LogP contribution in [0, 0.1) is 0 Å². The van der Waals surface area contributed by atoms with Gasteiger partial charge in [0.2, 0.25) is 0 Å². The van der Waals surface area contributed by atoms with E-state index >= 15 is 0 Å². The molecule has 2 aromatic rings. The van der Waals surface area contributed by atoms with Crippen molar-refractivity contribution in [1.82, 2.24) is 9.97 Å². The number of thiophene rings is 1. The van der Waals surface area contributed by atoms with Crippen LogP contribution in [-0.2, 0) is 4.74 Å². The molecule has 1 aliphatic heterocycles. The molecule has 96 valence electrons. The minimum Gasteiger partial charge on any atom is -0.371 e. The summed E-state index contributed by atoms with van der Waals surface area (Å²) >= 11 is 5.20. The average molecular weight is 328 g/mol. The summed E-state index contributed by atoms with van der Waals surface area (Å²) in [4.78, 5) is 11.1. The Balaban J connectivity index is 1.96. The van der Waals surface area contributed by atoms with Crippen molar-refractivity contribution in [3.8, 4) is 0 Å². The second kappa shape index (κ2) is 5.11. The van der Waals surface area contributed by atoms with E-state index in [0.29, 0.717) is 0 Å². The van der Waals surface area contributed by atoms with Gasteiger partial charge in [-0.2, -0.15) is 0 Å². The summed E-state index contributed by atoms with van der Waals surface area (Å²) in [6, 6.07) is 2.04. The monoisotopic (exact) mass is 327 g/mol. The number of aromatic nitrogens is 2. The Kier molecular flexibility index (Phi) is 3.50. The molecule has 0 radical (unpaired) electrons. The molecule has 2 aromatic heterocycles. The van der Waals surface area contributed by atoms with Gasteiger partial charge >= 0.3 is 0 Å². The van der Waals surface area contributed by atoms with Crippen LogP contribution in [0.3, 0.4) is 0 Å². The molecule has 1 fully saturated rings. The molecule has 0 bridgehead atoms. The quantitative estimate of drug-likeness (QED) is 0.795. The minimum atomic E-state index is 0.221. The smallest absolute Gasteiger partial charge is 0.150 e. The molecule has 0 aromatic carbocycles. The van der Waals surface area contributed by atoms with Crippen molar-refractivity contribution in [2.45, 2.75) is 19.1 Å². The zero-order valence-electron chi connectivity index (χ0n) is 10.0. The van der Waals surface area contributed by atoms with Crippen LogP contribution in [0.4, 0.5) is 5.82 Å². The molecule has 0 aliphatic carbocycles. The van der Waals surface area contributed by atoms with Gasteiger partial charge in [0.25, 0.3) is 0 Å². The molecule has 4 nitrogen and oxygen atoms in total. The van der Waals surface area contributed by atoms with Crippen molar-refractivity contribution >= 4 is 43.3 Å². The summed E-state index contributed by atoms with van der Waals surface area (Å²) in [7, 11) is 0. The molecule has 0 spiro atoms. The van der Waals surface area contributed by atoms with Crippen LogP contribution in [0.1, 0.15) is 6.92 Å². The van der Waals surface area contributed by atoms with Gasteiger partial charge in [-0.3, -0.25) is 0 Å². The molecule has 2 atom stereocenters. The highest BCUT2D eigenvalue weighted by Crippen LogP contribution is 2.29. The van der Waals surface area contributed by atoms with E-state index in [0.717, 1.165) is 29.8 Å². The summed E-state index contributed by atoms with van der Waals surface area (Å²) < 4.78 is 7.02. The fourth-order valence-electron chi connectivity index (χ4n) is 2.30. The number of hydrogen-bond donors (Lipinski definition) is 0. The first-order valence-electron chi connectivity index (χ1n) is 5.92. The standard InChI is InChI=1S/C12H14BrN3OS/c1-8-5-16(6-9(4-13)17-8)12-11-10(2-3-18-11)14-7-15-12/h2-3,7-9H,4-6H2,1H3. The second-order valence-corrected chi connectivity index (χ2v) is 6.02. The highest BCUT2D eigenvalue weighted by atomic mass is 79.9. The van der Waals surface area contributed by atoms with Gasteiger partial charge in [0.1, 0.15) is 12.1 Å². The van der Waals surface area contributed by atoms with Crippen LogP contribution in [0.25, 0.3) is 10.2 Å². The van der Waals surface area contributed by atoms with Gasteiger partial charge in [-0.25, -0.2) is 9.97 Å². The maximum absolute atomic E-state index is 5.85. The van der Waals surface area contributed by atoms with E-state index in [2.05, 4.69) is 43.1 Å². The summed E-state index contributed by atoms with van der Waals surface area (Å²) in [6.07, 6.45) is 2.10. The van der Waals surface area contributed by atoms with Crippen LogP contribution in [0.15, 0.2) is 17.8 Å². The number of ether oxygens (including phenoxy) is 1. The normalized spacial score (nSPS) is 24.7. The maximum Gasteiger partial charge on any atom is 0.150 e. The van der Waals surface area contributed by atoms with E-state index in [9.17, 15) is 0 Å². The van der Waals surface area contributed by atoms with E-state index in [4.69, 9.17) is 4.74 Å². The molecule has 0 N–H and O–H groups in total. The van der Waals surface area contributed by atoms with Crippen LogP contribution in [0.2, 0.25) is 0 Å². The van der Waals surface area contributed by atoms with Gasteiger partial charge in [-0.05, 0) is 18.4 Å². The Labute approximate surface area is 118 Å². The zero-order chi connectivity index (χ0) is 12.5. The molecule has 6 heteroatoms. The van der Waals surface area contributed by atoms with Gasteiger partial charge in [0.15, 0.2) is 0 Å². The second-order valence-electron chi connectivity index (χ2n) is 4.46. The van der Waals surface area contributed by atoms with Gasteiger partial charge in [0.05, 0.1) is 22.4 Å². The Bertz CT molecular complexity index is 547. The van der Waals surface area contributed by atoms with E-state index in [1.165, 1.54) is 4.70 Å². The zero-order valence-corrected chi connectivity index (χ0v) is 12.4. The van der Waals surface area contributed by atoms with Crippen molar-refractivity contribution in [3.63, 3.8) is 0 Å². The van der Waals surface area contributed by atoms with E-state index in [-0.39, 0.29) is 12.2 Å². The van der Waals surface area contributed by atoms with Crippen LogP contribution in [0.5, 0.6) is 0 Å². The van der Waals surface area contributed by atoms with Gasteiger partial charge in [0, 0.05) is 18.4 Å². The largest absolute Gasteiger partial charge is 0.371 e. The predicted octanol–water partition coefficient (Wildman–Crippen LogP) is 2.68. The fraction of sp³-hybridized carbons (Fsp3) is 0.500. The molecular formula is C12H14BrN3OS. The summed E-state index contributed by atoms with van der Waals surface area (Å²) in [5, 5.41) is 2.92. The van der Waals surface area contributed by atoms with E-state index < -0.39 is 0 Å². The Morgan fingerprint density at radius 2 is 2.39 bits per heavy atom. The van der Waals surface area contributed by atoms with Crippen molar-refractivity contribution < 1.29 is 4.74 Å². The van der Waals surface area contributed by atoms with Crippen molar-refractivity contribution in [2.75, 3.05) is 23.3 Å². The van der Waals surface area contributed by atoms with Crippen molar-refractivity contribution in [3.05, 3.63) is 17.8 Å². The summed E-state index contributed by atoms with van der Waals surface area (Å²) in [6.45, 7) is 3.86. The highest BCUT2D eigenvalue weighted by Gasteiger charge is 2.26. The molecule has 1 saturated heterocycles. The molecule has 2 unspecified atom stereocenters. The lowest BCUT2D eigenvalue weighted by molar-refractivity contribution is -0.00213. The molecule has 0 saturated carbocycles. The minimum absolute atomic E-state index is 0.221. The topological polar surface area (TPSA) is 38.2 Å². The third-order valence-electron chi connectivity index (χ3n) is 3.02. The number of alkyl halides is 1. The summed E-state index contributed by atoms with van der Waals surface area (Å²) in [5.74, 6) is 1.04. The van der Waals surface area contributed by atoms with Gasteiger partial charge in [-0.15, -0.1) is 11.3 Å². The van der Waals surface area contributed by atoms with Gasteiger partial charge in [-0.1, -0.05) is 15.9 Å². The van der Waals surface area contributed by atoms with Crippen molar-refractivity contribution in [1.29, 1.82) is 0 Å². The third kappa shape index (κ3) is 2.24. The lowest BCUT2D eigenvalue weighted by Crippen LogP contribution is -2.47. The maximum atomic E-state index is 5.85. The number of nitrogens with zero attached hydrogens (tertiary/aromatic N) is 3. The number of halogens is 1. The lowest BCUT2D eigenvalue weighted by Gasteiger charge is -2.36. The molecule has 1 aliphatic rings. The number of anilines is 1. The predicted molar refractivity (Wildman–Crippen MR) is 77.8 cm³/mol. The first-order valence-corrected chi connectivity index (χ1v) is 7.92. The van der Waals surface area contributed by atoms with Crippen LogP contribution in [-0.4, -0.2) is 40.6 Å². The number of hydrogen-bond acceptors (Lipinski definition) is 5. The van der Waals surface area contributed by atoms with E-state index in [1.807, 2.05) is 6.07 Å². The van der Waals surface area contributed by atoms with Gasteiger partial charge < -0.3 is 9.64 Å². The van der Waals surface area contributed by atoms with Crippen molar-refractivity contribution in [2.24, 2.45) is 0 Å². The number of fused-ring (bicyclic) bond motifs is 1. The molecule has 0 amide bonds.